The molecule has 0 atom stereocenters. The molecule has 0 fully saturated rings. The van der Waals surface area contributed by atoms with Gasteiger partial charge in [0.25, 0.3) is 22.2 Å². The molecule has 0 aliphatic rings. The van der Waals surface area contributed by atoms with Crippen LogP contribution in [0, 0.1) is 6.92 Å². The van der Waals surface area contributed by atoms with Crippen molar-refractivity contribution in [2.75, 3.05) is 28.7 Å². The van der Waals surface area contributed by atoms with Crippen LogP contribution in [0.2, 0.25) is 0 Å². The first-order valence-corrected chi connectivity index (χ1v) is 27.9. The van der Waals surface area contributed by atoms with Gasteiger partial charge in [-0.3, -0.25) is 52.8 Å². The average molecular weight is 1210 g/mol. The van der Waals surface area contributed by atoms with Gasteiger partial charge >= 0.3 is 17.1 Å². The van der Waals surface area contributed by atoms with E-state index in [1.165, 1.54) is 32.2 Å². The van der Waals surface area contributed by atoms with Crippen LogP contribution in [0.4, 0.5) is 29.1 Å². The summed E-state index contributed by atoms with van der Waals surface area (Å²) in [5.74, 6) is 0.542. The lowest BCUT2D eigenvalue weighted by atomic mass is 10.3. The molecule has 0 bridgehead atoms. The Balaban J connectivity index is 0.000000187. The molecule has 0 aliphatic heterocycles. The minimum Gasteiger partial charge on any atom is -0.397 e. The number of hydrogen-bond acceptors (Lipinski definition) is 21. The molecule has 14 N–H and O–H groups in total. The summed E-state index contributed by atoms with van der Waals surface area (Å²) in [5.41, 5.74) is 31.2. The van der Waals surface area contributed by atoms with Crippen LogP contribution in [0.5, 0.6) is 0 Å². The SMILES string of the molecule is CC(C)n1ccc(=O)[nH]c1=O.CC(C)n1ccc(N)nc1=O.CC(C)n1ccc2c(=O)[nH]c(N)nc21.CC(C)n1ccc2c(N)cnnc21.CC(C)n1cnc2c(=O)[nH]c(N)nc21.CC(C)n1cnc2c(N)cnnc21.Cc1cn(C(C)C)c(=O)[nH]c1=O. The maximum atomic E-state index is 11.4. The van der Waals surface area contributed by atoms with E-state index in [0.717, 1.165) is 22.2 Å². The Hall–Kier alpha value is -10.8. The summed E-state index contributed by atoms with van der Waals surface area (Å²) >= 11 is 0. The van der Waals surface area contributed by atoms with Crippen molar-refractivity contribution in [2.45, 2.75) is 146 Å². The number of hydrogen-bond donors (Lipinski definition) is 9. The third-order valence-corrected chi connectivity index (χ3v) is 12.7. The monoisotopic (exact) mass is 1210 g/mol. The third-order valence-electron chi connectivity index (χ3n) is 12.7. The standard InChI is InChI=1S/C9H12N4O.C9H12N4.C8H11N5O.C8H11N5.C8H12N2O2.C7H11N3O.C7H10N2O2/c1-5(2)13-4-3-6-7(13)11-9(10)12-8(6)14;1-6(2)13-4-3-7-8(10)5-11-12-9(7)13;1-4(2)13-3-10-5-6(13)11-8(9)12-7(5)14;1-5(2)13-4-10-7-6(9)3-11-12-8(7)13;1-5(2)10-4-6(3)7(11)9-8(10)12;1-5(2)10-4-3-6(8)9-7(10)11;1-5(2)9-4-3-6(10)8-7(9)11/h3-5H,1-2H3,(H3,10,11,12,14);3-6H,1-2H3,(H2,10,12);3-4H,1-2H3,(H3,9,11,12,14);3-5H,1-2H3,(H2,9,12);4-5H,1-3H3,(H,9,11,12);3-5H,1-2H3,(H2,8,9,11);3-5H,1-2H3,(H,8,10,11). The minimum absolute atomic E-state index is 0.0769. The number of aromatic nitrogens is 20. The highest BCUT2D eigenvalue weighted by Crippen LogP contribution is 2.22. The molecule has 0 aliphatic carbocycles. The van der Waals surface area contributed by atoms with Crippen molar-refractivity contribution in [3.05, 3.63) is 159 Å². The van der Waals surface area contributed by atoms with E-state index in [1.807, 2.05) is 96.8 Å². The predicted molar refractivity (Wildman–Crippen MR) is 342 cm³/mol. The van der Waals surface area contributed by atoms with Gasteiger partial charge in [0, 0.05) is 90.3 Å². The molecule has 11 aromatic rings. The van der Waals surface area contributed by atoms with E-state index in [-0.39, 0.29) is 87.2 Å². The number of rotatable bonds is 7. The number of imidazole rings is 2. The molecule has 0 saturated heterocycles. The number of H-pyrrole nitrogens is 4. The molecule has 11 aromatic heterocycles. The summed E-state index contributed by atoms with van der Waals surface area (Å²) < 4.78 is 12.2. The fraction of sp³-hybridized carbons (Fsp3) is 0.393. The van der Waals surface area contributed by atoms with Gasteiger partial charge in [-0.05, 0) is 122 Å². The van der Waals surface area contributed by atoms with Gasteiger partial charge in [0.2, 0.25) is 11.9 Å². The number of fused-ring (bicyclic) bond motifs is 4. The Morgan fingerprint density at radius 3 is 1.41 bits per heavy atom. The van der Waals surface area contributed by atoms with Crippen LogP contribution in [0.15, 0.2) is 114 Å². The van der Waals surface area contributed by atoms with Crippen LogP contribution in [-0.4, -0.2) is 97.2 Å². The normalized spacial score (nSPS) is 11.0. The predicted octanol–water partition coefficient (Wildman–Crippen LogP) is 4.70. The van der Waals surface area contributed by atoms with Crippen LogP contribution in [0.25, 0.3) is 44.4 Å². The summed E-state index contributed by atoms with van der Waals surface area (Å²) in [6, 6.07) is 8.13. The Bertz CT molecular complexity index is 4380. The average Bonchev–Trinajstić information content (AvgIpc) is 2.05. The molecule has 0 amide bonds. The van der Waals surface area contributed by atoms with Crippen molar-refractivity contribution in [2.24, 2.45) is 0 Å². The summed E-state index contributed by atoms with van der Waals surface area (Å²) in [6.07, 6.45) is 15.0. The lowest BCUT2D eigenvalue weighted by Gasteiger charge is -2.08. The zero-order valence-corrected chi connectivity index (χ0v) is 51.9. The third kappa shape index (κ3) is 17.2. The Morgan fingerprint density at radius 1 is 0.409 bits per heavy atom. The topological polar surface area (TPSA) is 463 Å². The van der Waals surface area contributed by atoms with Crippen molar-refractivity contribution < 1.29 is 0 Å². The lowest BCUT2D eigenvalue weighted by molar-refractivity contribution is 0.558. The van der Waals surface area contributed by atoms with Crippen molar-refractivity contribution in [1.82, 2.24) is 97.2 Å². The second kappa shape index (κ2) is 29.8. The lowest BCUT2D eigenvalue weighted by Crippen LogP contribution is -2.31. The van der Waals surface area contributed by atoms with Crippen LogP contribution >= 0.6 is 0 Å². The van der Waals surface area contributed by atoms with Gasteiger partial charge in [-0.2, -0.15) is 25.1 Å². The maximum absolute atomic E-state index is 11.4. The van der Waals surface area contributed by atoms with E-state index in [1.54, 1.807) is 54.9 Å². The Morgan fingerprint density at radius 2 is 0.864 bits per heavy atom. The Labute approximate surface area is 502 Å². The first kappa shape index (κ1) is 68.0. The molecule has 0 radical (unpaired) electrons. The molecule has 32 heteroatoms. The highest BCUT2D eigenvalue weighted by molar-refractivity contribution is 5.87. The summed E-state index contributed by atoms with van der Waals surface area (Å²) in [7, 11) is 0. The Kier molecular flexibility index (Phi) is 23.0. The fourth-order valence-electron chi connectivity index (χ4n) is 8.06. The highest BCUT2D eigenvalue weighted by atomic mass is 16.2. The molecule has 0 saturated carbocycles. The number of nitrogens with two attached hydrogens (primary N) is 5. The molecule has 88 heavy (non-hydrogen) atoms. The van der Waals surface area contributed by atoms with Crippen LogP contribution in [0.1, 0.15) is 145 Å². The van der Waals surface area contributed by atoms with E-state index in [2.05, 4.69) is 97.5 Å². The van der Waals surface area contributed by atoms with Crippen molar-refractivity contribution in [3.8, 4) is 0 Å². The van der Waals surface area contributed by atoms with E-state index < -0.39 is 0 Å². The molecular formula is C56H79N25O7. The quantitative estimate of drug-likeness (QED) is 0.104. The van der Waals surface area contributed by atoms with Gasteiger partial charge in [0.1, 0.15) is 17.0 Å². The molecule has 32 nitrogen and oxygen atoms in total. The number of nitrogens with zero attached hydrogens (tertiary/aromatic N) is 16. The van der Waals surface area contributed by atoms with Gasteiger partial charge in [-0.25, -0.2) is 24.4 Å². The van der Waals surface area contributed by atoms with Crippen molar-refractivity contribution in [1.29, 1.82) is 0 Å². The largest absolute Gasteiger partial charge is 0.397 e. The van der Waals surface area contributed by atoms with Gasteiger partial charge in [0.05, 0.1) is 41.8 Å². The van der Waals surface area contributed by atoms with Gasteiger partial charge in [-0.1, -0.05) is 0 Å². The van der Waals surface area contributed by atoms with E-state index in [0.29, 0.717) is 51.2 Å². The molecule has 11 heterocycles. The van der Waals surface area contributed by atoms with Crippen LogP contribution in [-0.2, 0) is 0 Å². The van der Waals surface area contributed by atoms with E-state index >= 15 is 0 Å². The molecule has 0 aromatic carbocycles. The summed E-state index contributed by atoms with van der Waals surface area (Å²) in [6.45, 7) is 29.4. The molecule has 0 unspecified atom stereocenters. The first-order chi connectivity index (χ1) is 41.3. The number of nitrogens with one attached hydrogen (secondary N) is 4. The zero-order chi connectivity index (χ0) is 65.6. The molecule has 11 rings (SSSR count). The smallest absolute Gasteiger partial charge is 0.349 e. The van der Waals surface area contributed by atoms with Crippen LogP contribution < -0.4 is 68.0 Å². The number of aromatic amines is 4. The first-order valence-electron chi connectivity index (χ1n) is 27.9. The maximum Gasteiger partial charge on any atom is 0.349 e. The van der Waals surface area contributed by atoms with E-state index in [9.17, 15) is 33.6 Å². The van der Waals surface area contributed by atoms with Gasteiger partial charge in [-0.15, -0.1) is 10.2 Å². The van der Waals surface area contributed by atoms with Crippen molar-refractivity contribution >= 4 is 73.5 Å². The highest BCUT2D eigenvalue weighted by Gasteiger charge is 2.13. The fourth-order valence-corrected chi connectivity index (χ4v) is 8.06. The van der Waals surface area contributed by atoms with Crippen LogP contribution in [0.3, 0.4) is 0 Å². The molecule has 470 valence electrons. The second-order valence-corrected chi connectivity index (χ2v) is 21.8. The summed E-state index contributed by atoms with van der Waals surface area (Å²) in [5, 5.41) is 17.2. The molecule has 0 spiro atoms. The van der Waals surface area contributed by atoms with Crippen molar-refractivity contribution in [3.63, 3.8) is 0 Å². The number of nitrogen functional groups attached to an aromatic ring is 5. The number of aryl methyl sites for hydroxylation is 1. The zero-order valence-electron chi connectivity index (χ0n) is 51.9. The number of anilines is 5. The minimum atomic E-state index is -0.355. The summed E-state index contributed by atoms with van der Waals surface area (Å²) in [4.78, 5) is 107. The van der Waals surface area contributed by atoms with Gasteiger partial charge in [0.15, 0.2) is 22.5 Å². The molecular weight excluding hydrogens is 1130 g/mol. The van der Waals surface area contributed by atoms with Gasteiger partial charge < -0.3 is 46.9 Å². The second-order valence-electron chi connectivity index (χ2n) is 21.8. The van der Waals surface area contributed by atoms with E-state index in [4.69, 9.17) is 28.7 Å².